The highest BCUT2D eigenvalue weighted by Gasteiger charge is 2.18. The van der Waals surface area contributed by atoms with Gasteiger partial charge in [0.1, 0.15) is 0 Å². The summed E-state index contributed by atoms with van der Waals surface area (Å²) in [6.07, 6.45) is 1.88. The van der Waals surface area contributed by atoms with Crippen molar-refractivity contribution in [1.29, 1.82) is 0 Å². The lowest BCUT2D eigenvalue weighted by atomic mass is 10.1. The third-order valence-corrected chi connectivity index (χ3v) is 2.97. The van der Waals surface area contributed by atoms with Gasteiger partial charge >= 0.3 is 0 Å². The minimum atomic E-state index is -0.229. The van der Waals surface area contributed by atoms with Crippen LogP contribution in [0.4, 0.5) is 5.95 Å². The monoisotopic (exact) mass is 312 g/mol. The molecule has 1 N–H and O–H groups in total. The van der Waals surface area contributed by atoms with Gasteiger partial charge in [0.15, 0.2) is 5.65 Å². The Morgan fingerprint density at radius 3 is 2.94 bits per heavy atom. The number of hydrogen-bond donors (Lipinski definition) is 1. The summed E-state index contributed by atoms with van der Waals surface area (Å²) in [6.45, 7) is 7.42. The maximum Gasteiger partial charge on any atom is 0.243 e. The van der Waals surface area contributed by atoms with Crippen molar-refractivity contribution in [1.82, 2.24) is 14.6 Å². The summed E-state index contributed by atoms with van der Waals surface area (Å²) in [7, 11) is 0. The van der Waals surface area contributed by atoms with Crippen LogP contribution in [0.3, 0.4) is 0 Å². The van der Waals surface area contributed by atoms with Crippen LogP contribution < -0.4 is 5.32 Å². The first kappa shape index (κ1) is 13.3. The van der Waals surface area contributed by atoms with Crippen LogP contribution in [0.2, 0.25) is 0 Å². The molecule has 5 nitrogen and oxygen atoms in total. The predicted octanol–water partition coefficient (Wildman–Crippen LogP) is 2.72. The fourth-order valence-electron chi connectivity index (χ4n) is 1.67. The summed E-state index contributed by atoms with van der Waals surface area (Å²) >= 11 is 3.40. The first-order valence-electron chi connectivity index (χ1n) is 5.90. The first-order chi connectivity index (χ1) is 8.50. The van der Waals surface area contributed by atoms with E-state index in [-0.39, 0.29) is 5.60 Å². The van der Waals surface area contributed by atoms with E-state index in [2.05, 4.69) is 31.3 Å². The molecule has 0 aliphatic rings. The summed E-state index contributed by atoms with van der Waals surface area (Å²) in [4.78, 5) is 4.38. The molecule has 0 aromatic carbocycles. The Hall–Kier alpha value is -1.14. The first-order valence-corrected chi connectivity index (χ1v) is 6.69. The lowest BCUT2D eigenvalue weighted by Crippen LogP contribution is -2.33. The molecule has 98 valence electrons. The average molecular weight is 313 g/mol. The largest absolute Gasteiger partial charge is 0.374 e. The topological polar surface area (TPSA) is 51.5 Å². The highest BCUT2D eigenvalue weighted by atomic mass is 79.9. The Morgan fingerprint density at radius 2 is 2.22 bits per heavy atom. The molecule has 2 rings (SSSR count). The van der Waals surface area contributed by atoms with Gasteiger partial charge in [-0.25, -0.2) is 4.52 Å². The minimum Gasteiger partial charge on any atom is -0.374 e. The molecule has 0 bridgehead atoms. The molecule has 2 aromatic rings. The number of fused-ring (bicyclic) bond motifs is 1. The fraction of sp³-hybridized carbons (Fsp3) is 0.500. The number of nitrogens with zero attached hydrogens (tertiary/aromatic N) is 3. The second-order valence-electron chi connectivity index (χ2n) is 4.63. The summed E-state index contributed by atoms with van der Waals surface area (Å²) in [5.74, 6) is 0.612. The third-order valence-electron chi connectivity index (χ3n) is 2.50. The highest BCUT2D eigenvalue weighted by molar-refractivity contribution is 9.10. The Kier molecular flexibility index (Phi) is 3.87. The Balaban J connectivity index is 2.08. The third kappa shape index (κ3) is 3.20. The molecule has 2 aromatic heterocycles. The van der Waals surface area contributed by atoms with Crippen LogP contribution in [0.5, 0.6) is 0 Å². The molecule has 0 atom stereocenters. The second-order valence-corrected chi connectivity index (χ2v) is 5.55. The van der Waals surface area contributed by atoms with E-state index in [1.165, 1.54) is 0 Å². The maximum absolute atomic E-state index is 5.61. The number of pyridine rings is 1. The molecule has 0 fully saturated rings. The van der Waals surface area contributed by atoms with Crippen molar-refractivity contribution in [3.05, 3.63) is 22.8 Å². The lowest BCUT2D eigenvalue weighted by molar-refractivity contribution is 0.000586. The van der Waals surface area contributed by atoms with Crippen LogP contribution in [-0.4, -0.2) is 33.4 Å². The van der Waals surface area contributed by atoms with Crippen LogP contribution >= 0.6 is 15.9 Å². The molecule has 0 aliphatic carbocycles. The van der Waals surface area contributed by atoms with Crippen molar-refractivity contribution in [2.45, 2.75) is 26.4 Å². The van der Waals surface area contributed by atoms with Crippen molar-refractivity contribution in [3.63, 3.8) is 0 Å². The molecule has 0 saturated carbocycles. The van der Waals surface area contributed by atoms with Crippen molar-refractivity contribution in [2.24, 2.45) is 0 Å². The molecule has 2 heterocycles. The molecule has 0 aliphatic heterocycles. The maximum atomic E-state index is 5.61. The lowest BCUT2D eigenvalue weighted by Gasteiger charge is -2.24. The van der Waals surface area contributed by atoms with Gasteiger partial charge in [-0.05, 0) is 48.8 Å². The van der Waals surface area contributed by atoms with E-state index in [1.807, 2.05) is 39.1 Å². The van der Waals surface area contributed by atoms with Crippen LogP contribution in [0, 0.1) is 0 Å². The zero-order valence-corrected chi connectivity index (χ0v) is 12.4. The molecule has 0 saturated heterocycles. The van der Waals surface area contributed by atoms with Crippen LogP contribution in [-0.2, 0) is 4.74 Å². The Morgan fingerprint density at radius 1 is 1.44 bits per heavy atom. The molecular formula is C12H17BrN4O. The fourth-order valence-corrected chi connectivity index (χ4v) is 1.99. The second kappa shape index (κ2) is 5.24. The van der Waals surface area contributed by atoms with Gasteiger partial charge in [-0.2, -0.15) is 4.98 Å². The average Bonchev–Trinajstić information content (AvgIpc) is 2.68. The Labute approximate surface area is 115 Å². The van der Waals surface area contributed by atoms with E-state index in [4.69, 9.17) is 4.74 Å². The SMILES string of the molecule is CCOC(C)(C)CNc1nc2ccc(Br)cn2n1. The van der Waals surface area contributed by atoms with Crippen molar-refractivity contribution in [2.75, 3.05) is 18.5 Å². The zero-order chi connectivity index (χ0) is 13.2. The molecule has 0 radical (unpaired) electrons. The van der Waals surface area contributed by atoms with Crippen LogP contribution in [0.15, 0.2) is 22.8 Å². The van der Waals surface area contributed by atoms with Gasteiger partial charge in [-0.3, -0.25) is 0 Å². The van der Waals surface area contributed by atoms with Crippen molar-refractivity contribution < 1.29 is 4.74 Å². The quantitative estimate of drug-likeness (QED) is 0.922. The van der Waals surface area contributed by atoms with Gasteiger partial charge in [0.25, 0.3) is 0 Å². The van der Waals surface area contributed by atoms with Gasteiger partial charge in [0.05, 0.1) is 5.60 Å². The molecular weight excluding hydrogens is 296 g/mol. The number of hydrogen-bond acceptors (Lipinski definition) is 4. The van der Waals surface area contributed by atoms with Crippen LogP contribution in [0.1, 0.15) is 20.8 Å². The molecule has 18 heavy (non-hydrogen) atoms. The Bertz CT molecular complexity index is 538. The van der Waals surface area contributed by atoms with Gasteiger partial charge in [0.2, 0.25) is 5.95 Å². The summed E-state index contributed by atoms with van der Waals surface area (Å²) in [6, 6.07) is 3.86. The number of rotatable bonds is 5. The molecule has 0 unspecified atom stereocenters. The molecule has 0 amide bonds. The molecule has 0 spiro atoms. The van der Waals surface area contributed by atoms with E-state index in [1.54, 1.807) is 4.52 Å². The zero-order valence-electron chi connectivity index (χ0n) is 10.8. The van der Waals surface area contributed by atoms with Gasteiger partial charge in [-0.15, -0.1) is 5.10 Å². The normalized spacial score (nSPS) is 12.0. The minimum absolute atomic E-state index is 0.229. The summed E-state index contributed by atoms with van der Waals surface area (Å²) in [5.41, 5.74) is 0.585. The standard InChI is InChI=1S/C12H17BrN4O/c1-4-18-12(2,3)8-14-11-15-10-6-5-9(13)7-17(10)16-11/h5-7H,4,8H2,1-3H3,(H,14,16). The number of nitrogens with one attached hydrogen (secondary N) is 1. The van der Waals surface area contributed by atoms with E-state index in [0.717, 1.165) is 10.1 Å². The van der Waals surface area contributed by atoms with E-state index in [9.17, 15) is 0 Å². The summed E-state index contributed by atoms with van der Waals surface area (Å²) in [5, 5.41) is 7.54. The highest BCUT2D eigenvalue weighted by Crippen LogP contribution is 2.14. The van der Waals surface area contributed by atoms with Gasteiger partial charge < -0.3 is 10.1 Å². The van der Waals surface area contributed by atoms with Gasteiger partial charge in [-0.1, -0.05) is 0 Å². The smallest absolute Gasteiger partial charge is 0.243 e. The van der Waals surface area contributed by atoms with E-state index >= 15 is 0 Å². The number of aromatic nitrogens is 3. The molecule has 6 heteroatoms. The van der Waals surface area contributed by atoms with Gasteiger partial charge in [0, 0.05) is 23.8 Å². The van der Waals surface area contributed by atoms with Crippen molar-refractivity contribution >= 4 is 27.5 Å². The van der Waals surface area contributed by atoms with Crippen LogP contribution in [0.25, 0.3) is 5.65 Å². The number of halogens is 1. The van der Waals surface area contributed by atoms with E-state index in [0.29, 0.717) is 19.1 Å². The number of ether oxygens (including phenoxy) is 1. The van der Waals surface area contributed by atoms with E-state index < -0.39 is 0 Å². The number of anilines is 1. The predicted molar refractivity (Wildman–Crippen MR) is 74.9 cm³/mol. The summed E-state index contributed by atoms with van der Waals surface area (Å²) < 4.78 is 8.32. The van der Waals surface area contributed by atoms with Crippen molar-refractivity contribution in [3.8, 4) is 0 Å².